The number of imidazole rings is 1. The zero-order valence-electron chi connectivity index (χ0n) is 12.7. The second-order valence-corrected chi connectivity index (χ2v) is 7.18. The number of ether oxygens (including phenoxy) is 1. The van der Waals surface area contributed by atoms with Gasteiger partial charge >= 0.3 is 111 Å². The molecule has 11 heteroatoms. The van der Waals surface area contributed by atoms with E-state index in [1.54, 1.807) is 0 Å². The molecule has 0 aromatic carbocycles. The fourth-order valence-corrected chi connectivity index (χ4v) is 2.75. The Hall–Kier alpha value is -1.86. The molecule has 0 fully saturated rings. The number of rotatable bonds is 10. The van der Waals surface area contributed by atoms with E-state index in [4.69, 9.17) is 4.74 Å². The molecule has 0 aliphatic rings. The topological polar surface area (TPSA) is 128 Å². The predicted molar refractivity (Wildman–Crippen MR) is 82.3 cm³/mol. The van der Waals surface area contributed by atoms with Gasteiger partial charge in [-0.25, -0.2) is 0 Å². The third-order valence-corrected chi connectivity index (χ3v) is 4.60. The molecular formula is C12H19N5O5Te. The van der Waals surface area contributed by atoms with Crippen molar-refractivity contribution in [3.63, 3.8) is 0 Å². The standard InChI is InChI=1S/C12H19N5O5Te/c1-23-8-2-7-22-12(19)15-4-3-13-10(18)9-16-6-5-14-11(16)17(20)21/h5-6H,2-4,7-9H2,1H3,(H,13,18)(H,15,19). The van der Waals surface area contributed by atoms with Crippen LogP contribution in [0.3, 0.4) is 0 Å². The summed E-state index contributed by atoms with van der Waals surface area (Å²) in [6.45, 7) is 0.624. The van der Waals surface area contributed by atoms with E-state index in [9.17, 15) is 19.7 Å². The third kappa shape index (κ3) is 7.80. The zero-order valence-corrected chi connectivity index (χ0v) is 15.0. The molecule has 1 rings (SSSR count). The Bertz CT molecular complexity index is 536. The Morgan fingerprint density at radius 2 is 2.17 bits per heavy atom. The Labute approximate surface area is 143 Å². The molecule has 1 heterocycles. The van der Waals surface area contributed by atoms with E-state index < -0.39 is 22.9 Å². The fraction of sp³-hybridized carbons (Fsp3) is 0.583. The molecule has 0 saturated carbocycles. The number of nitro groups is 1. The number of nitrogens with one attached hydrogen (secondary N) is 2. The van der Waals surface area contributed by atoms with Gasteiger partial charge in [-0.15, -0.1) is 0 Å². The molecule has 0 atom stereocenters. The zero-order chi connectivity index (χ0) is 17.1. The smallest absolute Gasteiger partial charge is 0.390 e. The van der Waals surface area contributed by atoms with Gasteiger partial charge in [0.2, 0.25) is 0 Å². The van der Waals surface area contributed by atoms with E-state index in [0.717, 1.165) is 15.5 Å². The van der Waals surface area contributed by atoms with Crippen molar-refractivity contribution in [2.75, 3.05) is 19.7 Å². The van der Waals surface area contributed by atoms with Gasteiger partial charge in [-0.05, 0) is 4.92 Å². The van der Waals surface area contributed by atoms with Crippen LogP contribution < -0.4 is 10.6 Å². The number of aromatic nitrogens is 2. The Morgan fingerprint density at radius 1 is 1.43 bits per heavy atom. The molecule has 23 heavy (non-hydrogen) atoms. The van der Waals surface area contributed by atoms with E-state index >= 15 is 0 Å². The van der Waals surface area contributed by atoms with Gasteiger partial charge < -0.3 is 10.1 Å². The van der Waals surface area contributed by atoms with Crippen molar-refractivity contribution in [2.24, 2.45) is 0 Å². The summed E-state index contributed by atoms with van der Waals surface area (Å²) in [4.78, 5) is 38.7. The monoisotopic (exact) mass is 443 g/mol. The van der Waals surface area contributed by atoms with Crippen LogP contribution in [0.2, 0.25) is 9.44 Å². The first-order chi connectivity index (χ1) is 11.0. The first kappa shape index (κ1) is 19.2. The number of hydrogen-bond donors (Lipinski definition) is 2. The molecule has 128 valence electrons. The van der Waals surface area contributed by atoms with Crippen LogP contribution in [0.15, 0.2) is 12.4 Å². The summed E-state index contributed by atoms with van der Waals surface area (Å²) in [6.07, 6.45) is 2.98. The number of hydrogen-bond acceptors (Lipinski definition) is 6. The molecule has 2 N–H and O–H groups in total. The maximum absolute atomic E-state index is 11.7. The van der Waals surface area contributed by atoms with Crippen molar-refractivity contribution in [1.82, 2.24) is 20.2 Å². The Morgan fingerprint density at radius 3 is 2.87 bits per heavy atom. The quantitative estimate of drug-likeness (QED) is 0.231. The summed E-state index contributed by atoms with van der Waals surface area (Å²) in [5.41, 5.74) is 0. The van der Waals surface area contributed by atoms with Crippen molar-refractivity contribution in [3.05, 3.63) is 22.5 Å². The van der Waals surface area contributed by atoms with Crippen molar-refractivity contribution in [2.45, 2.75) is 22.4 Å². The fourth-order valence-electron chi connectivity index (χ4n) is 1.59. The number of amides is 2. The predicted octanol–water partition coefficient (Wildman–Crippen LogP) is 0.194. The summed E-state index contributed by atoms with van der Waals surface area (Å²) < 4.78 is 7.22. The molecule has 10 nitrogen and oxygen atoms in total. The second kappa shape index (κ2) is 10.8. The van der Waals surface area contributed by atoms with Gasteiger partial charge in [0.15, 0.2) is 0 Å². The van der Waals surface area contributed by atoms with Crippen molar-refractivity contribution in [1.29, 1.82) is 0 Å². The molecule has 0 unspecified atom stereocenters. The average molecular weight is 441 g/mol. The molecule has 1 aromatic heterocycles. The maximum atomic E-state index is 11.7. The van der Waals surface area contributed by atoms with E-state index in [2.05, 4.69) is 20.6 Å². The van der Waals surface area contributed by atoms with Gasteiger partial charge in [0, 0.05) is 0 Å². The van der Waals surface area contributed by atoms with Crippen LogP contribution in [0.1, 0.15) is 6.42 Å². The summed E-state index contributed by atoms with van der Waals surface area (Å²) in [5.74, 6) is -0.800. The average Bonchev–Trinajstić information content (AvgIpc) is 2.96. The SMILES string of the molecule is C[Te]CCCOC(=O)NCCNC(=O)Cn1ccnc1[N+](=O)[O-]. The van der Waals surface area contributed by atoms with Crippen LogP contribution in [0.5, 0.6) is 0 Å². The van der Waals surface area contributed by atoms with E-state index in [1.165, 1.54) is 12.4 Å². The number of carbonyl (C=O) groups excluding carboxylic acids is 2. The van der Waals surface area contributed by atoms with Crippen molar-refractivity contribution >= 4 is 38.9 Å². The molecule has 0 spiro atoms. The van der Waals surface area contributed by atoms with E-state index in [-0.39, 0.29) is 40.6 Å². The molecule has 0 radical (unpaired) electrons. The number of carbonyl (C=O) groups is 2. The van der Waals surface area contributed by atoms with Gasteiger partial charge in [-0.2, -0.15) is 0 Å². The summed E-state index contributed by atoms with van der Waals surface area (Å²) >= 11 is 0.0703. The Kier molecular flexibility index (Phi) is 9.01. The summed E-state index contributed by atoms with van der Waals surface area (Å²) in [7, 11) is 0. The number of alkyl carbamates (subject to hydrolysis) is 1. The first-order valence-corrected chi connectivity index (χ1v) is 10.8. The van der Waals surface area contributed by atoms with Gasteiger partial charge in [0.05, 0.1) is 0 Å². The minimum absolute atomic E-state index is 0.0703. The van der Waals surface area contributed by atoms with Gasteiger partial charge in [-0.1, -0.05) is 4.98 Å². The molecular weight excluding hydrogens is 422 g/mol. The molecule has 0 aliphatic carbocycles. The van der Waals surface area contributed by atoms with Crippen molar-refractivity contribution in [3.8, 4) is 0 Å². The molecule has 0 aliphatic heterocycles. The van der Waals surface area contributed by atoms with Gasteiger partial charge in [-0.3, -0.25) is 0 Å². The summed E-state index contributed by atoms with van der Waals surface area (Å²) in [5, 5.41) is 15.7. The van der Waals surface area contributed by atoms with Crippen LogP contribution in [-0.4, -0.2) is 67.1 Å². The van der Waals surface area contributed by atoms with E-state index in [1.807, 2.05) is 0 Å². The molecule has 0 bridgehead atoms. The van der Waals surface area contributed by atoms with Crippen LogP contribution in [0.4, 0.5) is 10.7 Å². The van der Waals surface area contributed by atoms with Crippen LogP contribution >= 0.6 is 0 Å². The Balaban J connectivity index is 2.15. The van der Waals surface area contributed by atoms with Crippen LogP contribution in [-0.2, 0) is 16.1 Å². The second-order valence-electron chi connectivity index (χ2n) is 4.37. The first-order valence-electron chi connectivity index (χ1n) is 6.86. The molecule has 2 amide bonds. The van der Waals surface area contributed by atoms with Crippen LogP contribution in [0, 0.1) is 10.1 Å². The van der Waals surface area contributed by atoms with Crippen LogP contribution in [0.25, 0.3) is 0 Å². The number of nitrogens with zero attached hydrogens (tertiary/aromatic N) is 3. The minimum Gasteiger partial charge on any atom is -0.390 e. The summed E-state index contributed by atoms with van der Waals surface area (Å²) in [6, 6.07) is 0. The van der Waals surface area contributed by atoms with Gasteiger partial charge in [0.25, 0.3) is 0 Å². The third-order valence-electron chi connectivity index (χ3n) is 2.61. The van der Waals surface area contributed by atoms with E-state index in [0.29, 0.717) is 6.61 Å². The van der Waals surface area contributed by atoms with Crippen molar-refractivity contribution < 1.29 is 19.2 Å². The minimum atomic E-state index is -0.661. The normalized spacial score (nSPS) is 10.1. The molecule has 1 aromatic rings. The van der Waals surface area contributed by atoms with Gasteiger partial charge in [0.1, 0.15) is 12.4 Å². The molecule has 0 saturated heterocycles.